The lowest BCUT2D eigenvalue weighted by atomic mass is 9.99. The van der Waals surface area contributed by atoms with Crippen molar-refractivity contribution in [3.05, 3.63) is 17.5 Å². The maximum Gasteiger partial charge on any atom is 0.323 e. The van der Waals surface area contributed by atoms with Gasteiger partial charge in [0.25, 0.3) is 5.91 Å². The van der Waals surface area contributed by atoms with Gasteiger partial charge in [-0.15, -0.1) is 0 Å². The van der Waals surface area contributed by atoms with Gasteiger partial charge >= 0.3 is 5.97 Å². The van der Waals surface area contributed by atoms with Crippen molar-refractivity contribution in [3.63, 3.8) is 0 Å². The summed E-state index contributed by atoms with van der Waals surface area (Å²) in [6.45, 7) is 6.05. The molecule has 0 aliphatic heterocycles. The van der Waals surface area contributed by atoms with Crippen LogP contribution in [0.15, 0.2) is 10.6 Å². The second kappa shape index (κ2) is 7.67. The Balaban J connectivity index is 2.86. The minimum Gasteiger partial charge on any atom is -0.480 e. The number of carbonyl (C=O) groups is 2. The van der Waals surface area contributed by atoms with Gasteiger partial charge in [-0.2, -0.15) is 0 Å². The van der Waals surface area contributed by atoms with Crippen LogP contribution >= 0.6 is 0 Å². The normalized spacial score (nSPS) is 10.8. The molecule has 0 aliphatic carbocycles. The number of hydrogen-bond acceptors (Lipinski definition) is 4. The predicted molar refractivity (Wildman–Crippen MR) is 73.7 cm³/mol. The van der Waals surface area contributed by atoms with Crippen molar-refractivity contribution in [1.82, 2.24) is 10.1 Å². The van der Waals surface area contributed by atoms with E-state index in [0.717, 1.165) is 18.5 Å². The smallest absolute Gasteiger partial charge is 0.323 e. The number of carboxylic acid groups (broad SMARTS) is 1. The number of amides is 1. The summed E-state index contributed by atoms with van der Waals surface area (Å²) in [6, 6.07) is 1.63. The highest BCUT2D eigenvalue weighted by molar-refractivity contribution is 5.93. The fourth-order valence-electron chi connectivity index (χ4n) is 2.13. The minimum absolute atomic E-state index is 0.113. The summed E-state index contributed by atoms with van der Waals surface area (Å²) in [5.41, 5.74) is 0.755. The molecule has 1 amide bonds. The largest absolute Gasteiger partial charge is 0.480 e. The first-order chi connectivity index (χ1) is 9.53. The quantitative estimate of drug-likeness (QED) is 0.792. The van der Waals surface area contributed by atoms with E-state index >= 15 is 0 Å². The van der Waals surface area contributed by atoms with E-state index in [2.05, 4.69) is 19.0 Å². The van der Waals surface area contributed by atoms with E-state index in [1.807, 2.05) is 6.92 Å². The topological polar surface area (TPSA) is 83.6 Å². The van der Waals surface area contributed by atoms with Crippen molar-refractivity contribution in [2.45, 2.75) is 46.0 Å². The lowest BCUT2D eigenvalue weighted by Crippen LogP contribution is -2.36. The Bertz CT molecular complexity index is 452. The average molecular weight is 282 g/mol. The van der Waals surface area contributed by atoms with Gasteiger partial charge in [0, 0.05) is 18.5 Å². The zero-order chi connectivity index (χ0) is 15.1. The maximum absolute atomic E-state index is 12.2. The molecule has 0 unspecified atom stereocenters. The number of carboxylic acids is 1. The summed E-state index contributed by atoms with van der Waals surface area (Å²) in [5, 5.41) is 12.8. The number of hydrogen-bond donors (Lipinski definition) is 1. The summed E-state index contributed by atoms with van der Waals surface area (Å²) >= 11 is 0. The fraction of sp³-hybridized carbons (Fsp3) is 0.643. The third-order valence-electron chi connectivity index (χ3n) is 3.25. The van der Waals surface area contributed by atoms with E-state index in [0.29, 0.717) is 13.0 Å². The Kier molecular flexibility index (Phi) is 6.21. The molecule has 1 N–H and O–H groups in total. The van der Waals surface area contributed by atoms with Crippen molar-refractivity contribution in [2.24, 2.45) is 0 Å². The van der Waals surface area contributed by atoms with Crippen LogP contribution in [0.1, 0.15) is 62.2 Å². The molecule has 112 valence electrons. The molecular formula is C14H22N2O4. The summed E-state index contributed by atoms with van der Waals surface area (Å²) < 4.78 is 5.09. The van der Waals surface area contributed by atoms with E-state index < -0.39 is 11.9 Å². The van der Waals surface area contributed by atoms with Crippen molar-refractivity contribution in [3.8, 4) is 0 Å². The Morgan fingerprint density at radius 2 is 2.00 bits per heavy atom. The highest BCUT2D eigenvalue weighted by atomic mass is 16.5. The third-order valence-corrected chi connectivity index (χ3v) is 3.25. The van der Waals surface area contributed by atoms with Crippen molar-refractivity contribution in [1.29, 1.82) is 0 Å². The Labute approximate surface area is 118 Å². The maximum atomic E-state index is 12.2. The molecule has 20 heavy (non-hydrogen) atoms. The molecule has 1 aromatic rings. The molecule has 1 heterocycles. The Morgan fingerprint density at radius 3 is 2.50 bits per heavy atom. The van der Waals surface area contributed by atoms with Crippen molar-refractivity contribution < 1.29 is 19.2 Å². The molecular weight excluding hydrogens is 260 g/mol. The number of aliphatic carboxylic acids is 1. The molecule has 0 bridgehead atoms. The van der Waals surface area contributed by atoms with Gasteiger partial charge in [0.15, 0.2) is 0 Å². The first kappa shape index (κ1) is 16.2. The monoisotopic (exact) mass is 282 g/mol. The van der Waals surface area contributed by atoms with Gasteiger partial charge in [-0.1, -0.05) is 25.9 Å². The van der Waals surface area contributed by atoms with Crippen LogP contribution in [0.5, 0.6) is 0 Å². The fourth-order valence-corrected chi connectivity index (χ4v) is 2.13. The van der Waals surface area contributed by atoms with Crippen LogP contribution in [0.3, 0.4) is 0 Å². The number of aromatic nitrogens is 1. The first-order valence-electron chi connectivity index (χ1n) is 7.01. The lowest BCUT2D eigenvalue weighted by Gasteiger charge is -2.17. The molecule has 0 fully saturated rings. The van der Waals surface area contributed by atoms with Gasteiger partial charge in [0.05, 0.1) is 5.69 Å². The predicted octanol–water partition coefficient (Wildman–Crippen LogP) is 2.52. The zero-order valence-corrected chi connectivity index (χ0v) is 12.3. The van der Waals surface area contributed by atoms with E-state index in [4.69, 9.17) is 9.63 Å². The molecule has 1 rings (SSSR count). The molecule has 6 heteroatoms. The van der Waals surface area contributed by atoms with Crippen LogP contribution in [0, 0.1) is 0 Å². The average Bonchev–Trinajstić information content (AvgIpc) is 2.88. The SMILES string of the molecule is CCCN(CC(=O)O)C(=O)c1cc(C(CC)CC)no1. The van der Waals surface area contributed by atoms with Gasteiger partial charge in [-0.05, 0) is 19.3 Å². The second-order valence-electron chi connectivity index (χ2n) is 4.75. The molecule has 0 saturated carbocycles. The van der Waals surface area contributed by atoms with Crippen molar-refractivity contribution in [2.75, 3.05) is 13.1 Å². The molecule has 1 aromatic heterocycles. The molecule has 6 nitrogen and oxygen atoms in total. The lowest BCUT2D eigenvalue weighted by molar-refractivity contribution is -0.137. The molecule has 0 aliphatic rings. The van der Waals surface area contributed by atoms with Gasteiger partial charge < -0.3 is 14.5 Å². The van der Waals surface area contributed by atoms with E-state index in [1.54, 1.807) is 6.07 Å². The molecule has 0 radical (unpaired) electrons. The number of carbonyl (C=O) groups excluding carboxylic acids is 1. The van der Waals surface area contributed by atoms with Crippen LogP contribution in [0.25, 0.3) is 0 Å². The van der Waals surface area contributed by atoms with Crippen LogP contribution < -0.4 is 0 Å². The minimum atomic E-state index is -1.04. The highest BCUT2D eigenvalue weighted by Gasteiger charge is 2.23. The summed E-state index contributed by atoms with van der Waals surface area (Å²) in [4.78, 5) is 24.3. The van der Waals surface area contributed by atoms with E-state index in [1.165, 1.54) is 4.90 Å². The molecule has 0 aromatic carbocycles. The first-order valence-corrected chi connectivity index (χ1v) is 7.01. The molecule has 0 saturated heterocycles. The van der Waals surface area contributed by atoms with Gasteiger partial charge in [0.1, 0.15) is 6.54 Å². The molecule has 0 atom stereocenters. The summed E-state index contributed by atoms with van der Waals surface area (Å²) in [6.07, 6.45) is 2.53. The van der Waals surface area contributed by atoms with Gasteiger partial charge in [-0.25, -0.2) is 0 Å². The number of rotatable bonds is 8. The third kappa shape index (κ3) is 4.08. The Hall–Kier alpha value is -1.85. The Morgan fingerprint density at radius 1 is 1.35 bits per heavy atom. The van der Waals surface area contributed by atoms with Crippen LogP contribution in [-0.4, -0.2) is 40.1 Å². The second-order valence-corrected chi connectivity index (χ2v) is 4.75. The highest BCUT2D eigenvalue weighted by Crippen LogP contribution is 2.22. The van der Waals surface area contributed by atoms with Crippen LogP contribution in [0.2, 0.25) is 0 Å². The van der Waals surface area contributed by atoms with Crippen LogP contribution in [-0.2, 0) is 4.79 Å². The summed E-state index contributed by atoms with van der Waals surface area (Å²) in [5.74, 6) is -1.08. The van der Waals surface area contributed by atoms with Crippen LogP contribution in [0.4, 0.5) is 0 Å². The number of nitrogens with zero attached hydrogens (tertiary/aromatic N) is 2. The van der Waals surface area contributed by atoms with Gasteiger partial charge in [-0.3, -0.25) is 9.59 Å². The standard InChI is InChI=1S/C14H22N2O4/c1-4-7-16(9-13(17)18)14(19)12-8-11(15-20-12)10(5-2)6-3/h8,10H,4-7,9H2,1-3H3,(H,17,18). The van der Waals surface area contributed by atoms with E-state index in [-0.39, 0.29) is 18.2 Å². The summed E-state index contributed by atoms with van der Waals surface area (Å²) in [7, 11) is 0. The zero-order valence-electron chi connectivity index (χ0n) is 12.3. The van der Waals surface area contributed by atoms with Gasteiger partial charge in [0.2, 0.25) is 5.76 Å². The van der Waals surface area contributed by atoms with E-state index in [9.17, 15) is 9.59 Å². The molecule has 0 spiro atoms. The van der Waals surface area contributed by atoms with Crippen molar-refractivity contribution >= 4 is 11.9 Å².